The molecule has 1 saturated carbocycles. The number of hydrogen-bond donors (Lipinski definition) is 3. The molecule has 126 valence electrons. The quantitative estimate of drug-likeness (QED) is 0.749. The van der Waals surface area contributed by atoms with Gasteiger partial charge in [-0.3, -0.25) is 9.69 Å². The Labute approximate surface area is 146 Å². The van der Waals surface area contributed by atoms with Gasteiger partial charge >= 0.3 is 6.03 Å². The summed E-state index contributed by atoms with van der Waals surface area (Å²) in [5, 5.41) is 6.05. The molecule has 1 aromatic rings. The van der Waals surface area contributed by atoms with Gasteiger partial charge in [0, 0.05) is 31.4 Å². The van der Waals surface area contributed by atoms with E-state index >= 15 is 0 Å². The van der Waals surface area contributed by atoms with Crippen LogP contribution in [0.25, 0.3) is 0 Å². The predicted octanol–water partition coefficient (Wildman–Crippen LogP) is 1.76. The van der Waals surface area contributed by atoms with E-state index < -0.39 is 0 Å². The number of anilines is 1. The van der Waals surface area contributed by atoms with Crippen LogP contribution in [-0.4, -0.2) is 37.6 Å². The highest BCUT2D eigenvalue weighted by Gasteiger charge is 2.32. The Bertz CT molecular complexity index is 607. The molecule has 23 heavy (non-hydrogen) atoms. The third-order valence-corrected chi connectivity index (χ3v) is 4.45. The number of nitrogens with two attached hydrogens (primary N) is 1. The topological polar surface area (TPSA) is 87.5 Å². The van der Waals surface area contributed by atoms with E-state index in [9.17, 15) is 9.59 Å². The molecule has 0 aromatic heterocycles. The maximum Gasteiger partial charge on any atom is 0.321 e. The highest BCUT2D eigenvalue weighted by molar-refractivity contribution is 6.34. The van der Waals surface area contributed by atoms with Crippen molar-refractivity contribution < 1.29 is 9.59 Å². The van der Waals surface area contributed by atoms with Gasteiger partial charge in [0.05, 0.1) is 10.6 Å². The van der Waals surface area contributed by atoms with Gasteiger partial charge in [-0.05, 0) is 37.0 Å². The monoisotopic (exact) mass is 358 g/mol. The number of halogens is 2. The zero-order valence-electron chi connectivity index (χ0n) is 12.5. The first-order valence-corrected chi connectivity index (χ1v) is 7.84. The standard InChI is InChI=1S/C15H19ClN4O2.ClH/c16-12-4-3-10(20-6-5-18-15(20)22)7-11(12)14(21)19-13(8-17)9-1-2-9;/h3-4,7,9,13H,1-2,5-6,8,17H2,(H,18,22)(H,19,21);1H. The predicted molar refractivity (Wildman–Crippen MR) is 92.5 cm³/mol. The van der Waals surface area contributed by atoms with Crippen molar-refractivity contribution in [3.05, 3.63) is 28.8 Å². The molecule has 2 fully saturated rings. The number of carbonyl (C=O) groups is 2. The van der Waals surface area contributed by atoms with Crippen molar-refractivity contribution in [2.45, 2.75) is 18.9 Å². The number of benzene rings is 1. The molecule has 4 N–H and O–H groups in total. The molecule has 2 aliphatic rings. The summed E-state index contributed by atoms with van der Waals surface area (Å²) in [6, 6.07) is 4.87. The maximum atomic E-state index is 12.4. The number of hydrogen-bond acceptors (Lipinski definition) is 3. The van der Waals surface area contributed by atoms with Crippen molar-refractivity contribution in [3.8, 4) is 0 Å². The molecular formula is C15H20Cl2N4O2. The number of carbonyl (C=O) groups excluding carboxylic acids is 2. The SMILES string of the molecule is Cl.NCC(NC(=O)c1cc(N2CCNC2=O)ccc1Cl)C1CC1. The summed E-state index contributed by atoms with van der Waals surface area (Å²) in [5.41, 5.74) is 6.76. The van der Waals surface area contributed by atoms with Crippen LogP contribution in [0.3, 0.4) is 0 Å². The Kier molecular flexibility index (Phi) is 5.73. The zero-order chi connectivity index (χ0) is 15.7. The van der Waals surface area contributed by atoms with Crippen LogP contribution in [0.15, 0.2) is 18.2 Å². The molecule has 1 atom stereocenters. The molecule has 1 saturated heterocycles. The number of nitrogens with one attached hydrogen (secondary N) is 2. The maximum absolute atomic E-state index is 12.4. The fourth-order valence-corrected chi connectivity index (χ4v) is 2.89. The Balaban J connectivity index is 0.00000192. The summed E-state index contributed by atoms with van der Waals surface area (Å²) in [4.78, 5) is 25.8. The molecule has 3 rings (SSSR count). The Hall–Kier alpha value is -1.50. The first kappa shape index (κ1) is 17.8. The molecule has 0 radical (unpaired) electrons. The van der Waals surface area contributed by atoms with Crippen LogP contribution in [0, 0.1) is 5.92 Å². The van der Waals surface area contributed by atoms with Crippen molar-refractivity contribution in [2.75, 3.05) is 24.5 Å². The number of rotatable bonds is 5. The van der Waals surface area contributed by atoms with E-state index in [1.54, 1.807) is 23.1 Å². The summed E-state index contributed by atoms with van der Waals surface area (Å²) in [5.74, 6) is 0.231. The number of urea groups is 1. The molecule has 1 aliphatic carbocycles. The molecule has 1 aromatic carbocycles. The lowest BCUT2D eigenvalue weighted by Crippen LogP contribution is -2.41. The first-order chi connectivity index (χ1) is 10.6. The largest absolute Gasteiger partial charge is 0.348 e. The smallest absolute Gasteiger partial charge is 0.321 e. The van der Waals surface area contributed by atoms with E-state index in [4.69, 9.17) is 17.3 Å². The lowest BCUT2D eigenvalue weighted by molar-refractivity contribution is 0.0933. The van der Waals surface area contributed by atoms with Gasteiger partial charge in [0.15, 0.2) is 0 Å². The van der Waals surface area contributed by atoms with Gasteiger partial charge in [0.25, 0.3) is 5.91 Å². The number of nitrogens with zero attached hydrogens (tertiary/aromatic N) is 1. The molecule has 0 bridgehead atoms. The van der Waals surface area contributed by atoms with E-state index in [1.807, 2.05) is 0 Å². The van der Waals surface area contributed by atoms with Crippen LogP contribution in [0.1, 0.15) is 23.2 Å². The molecule has 0 spiro atoms. The molecule has 3 amide bonds. The van der Waals surface area contributed by atoms with Gasteiger partial charge in [0.2, 0.25) is 0 Å². The summed E-state index contributed by atoms with van der Waals surface area (Å²) >= 11 is 6.14. The summed E-state index contributed by atoms with van der Waals surface area (Å²) in [7, 11) is 0. The van der Waals surface area contributed by atoms with E-state index in [0.717, 1.165) is 12.8 Å². The van der Waals surface area contributed by atoms with Crippen molar-refractivity contribution in [3.63, 3.8) is 0 Å². The minimum atomic E-state index is -0.242. The third kappa shape index (κ3) is 3.88. The van der Waals surface area contributed by atoms with Gasteiger partial charge < -0.3 is 16.4 Å². The zero-order valence-corrected chi connectivity index (χ0v) is 14.1. The van der Waals surface area contributed by atoms with E-state index in [-0.39, 0.29) is 30.4 Å². The molecule has 1 unspecified atom stereocenters. The summed E-state index contributed by atoms with van der Waals surface area (Å²) < 4.78 is 0. The van der Waals surface area contributed by atoms with Gasteiger partial charge in [-0.15, -0.1) is 12.4 Å². The lowest BCUT2D eigenvalue weighted by Gasteiger charge is -2.19. The summed E-state index contributed by atoms with van der Waals surface area (Å²) in [6.07, 6.45) is 2.20. The van der Waals surface area contributed by atoms with Gasteiger partial charge in [-0.2, -0.15) is 0 Å². The van der Waals surface area contributed by atoms with Crippen molar-refractivity contribution in [2.24, 2.45) is 11.7 Å². The van der Waals surface area contributed by atoms with Gasteiger partial charge in [0.1, 0.15) is 0 Å². The van der Waals surface area contributed by atoms with E-state index in [2.05, 4.69) is 10.6 Å². The second-order valence-electron chi connectivity index (χ2n) is 5.70. The van der Waals surface area contributed by atoms with Crippen LogP contribution in [0.4, 0.5) is 10.5 Å². The van der Waals surface area contributed by atoms with Crippen LogP contribution in [0.5, 0.6) is 0 Å². The van der Waals surface area contributed by atoms with Crippen molar-refractivity contribution >= 4 is 41.6 Å². The Morgan fingerprint density at radius 2 is 2.22 bits per heavy atom. The van der Waals surface area contributed by atoms with Crippen LogP contribution in [-0.2, 0) is 0 Å². The summed E-state index contributed by atoms with van der Waals surface area (Å²) in [6.45, 7) is 1.59. The molecular weight excluding hydrogens is 339 g/mol. The fourth-order valence-electron chi connectivity index (χ4n) is 2.69. The number of amides is 3. The fraction of sp³-hybridized carbons (Fsp3) is 0.467. The first-order valence-electron chi connectivity index (χ1n) is 7.46. The second kappa shape index (κ2) is 7.38. The lowest BCUT2D eigenvalue weighted by atomic mass is 10.1. The molecule has 6 nitrogen and oxygen atoms in total. The average Bonchev–Trinajstić information content (AvgIpc) is 3.27. The van der Waals surface area contributed by atoms with Crippen molar-refractivity contribution in [1.82, 2.24) is 10.6 Å². The highest BCUT2D eigenvalue weighted by atomic mass is 35.5. The van der Waals surface area contributed by atoms with Gasteiger partial charge in [-0.1, -0.05) is 11.6 Å². The van der Waals surface area contributed by atoms with E-state index in [0.29, 0.717) is 41.8 Å². The van der Waals surface area contributed by atoms with Crippen molar-refractivity contribution in [1.29, 1.82) is 0 Å². The highest BCUT2D eigenvalue weighted by Crippen LogP contribution is 2.32. The molecule has 1 heterocycles. The average molecular weight is 359 g/mol. The van der Waals surface area contributed by atoms with E-state index in [1.165, 1.54) is 0 Å². The molecule has 8 heteroatoms. The minimum Gasteiger partial charge on any atom is -0.348 e. The van der Waals surface area contributed by atoms with Gasteiger partial charge in [-0.25, -0.2) is 4.79 Å². The normalized spacial score (nSPS) is 18.2. The second-order valence-corrected chi connectivity index (χ2v) is 6.11. The van der Waals surface area contributed by atoms with Crippen LogP contribution < -0.4 is 21.3 Å². The Morgan fingerprint density at radius 3 is 2.78 bits per heavy atom. The minimum absolute atomic E-state index is 0. The Morgan fingerprint density at radius 1 is 1.48 bits per heavy atom. The molecule has 1 aliphatic heterocycles. The van der Waals surface area contributed by atoms with Crippen LogP contribution in [0.2, 0.25) is 5.02 Å². The third-order valence-electron chi connectivity index (χ3n) is 4.12. The van der Waals surface area contributed by atoms with Crippen LogP contribution >= 0.6 is 24.0 Å².